The zero-order valence-electron chi connectivity index (χ0n) is 10.0. The fourth-order valence-corrected chi connectivity index (χ4v) is 3.85. The molecule has 0 aromatic carbocycles. The molecule has 2 N–H and O–H groups in total. The number of thiophene rings is 1. The lowest BCUT2D eigenvalue weighted by molar-refractivity contribution is 0.603. The number of aryl methyl sites for hydroxylation is 1. The molecule has 2 rings (SSSR count). The molecular weight excluding hydrogens is 272 g/mol. The van der Waals surface area contributed by atoms with Crippen LogP contribution in [-0.2, 0) is 23.6 Å². The van der Waals surface area contributed by atoms with E-state index in [1.807, 2.05) is 7.05 Å². The van der Waals surface area contributed by atoms with E-state index in [0.29, 0.717) is 16.4 Å². The third-order valence-corrected chi connectivity index (χ3v) is 5.17. The normalized spacial score (nSPS) is 11.7. The summed E-state index contributed by atoms with van der Waals surface area (Å²) < 4.78 is 28.5. The van der Waals surface area contributed by atoms with Gasteiger partial charge in [0.2, 0.25) is 0 Å². The summed E-state index contributed by atoms with van der Waals surface area (Å²) in [4.78, 5) is 0.976. The first-order chi connectivity index (χ1) is 8.51. The minimum Gasteiger partial charge on any atom is -0.315 e. The van der Waals surface area contributed by atoms with Gasteiger partial charge >= 0.3 is 0 Å². The van der Waals surface area contributed by atoms with Crippen LogP contribution in [-0.4, -0.2) is 25.2 Å². The van der Waals surface area contributed by atoms with E-state index in [4.69, 9.17) is 0 Å². The molecule has 2 heterocycles. The van der Waals surface area contributed by atoms with Crippen LogP contribution in [0.4, 0.5) is 5.69 Å². The maximum Gasteiger partial charge on any atom is 0.271 e. The molecule has 8 heteroatoms. The molecule has 2 aromatic heterocycles. The van der Waals surface area contributed by atoms with Crippen LogP contribution in [0.3, 0.4) is 0 Å². The molecule has 6 nitrogen and oxygen atoms in total. The molecule has 0 aliphatic rings. The van der Waals surface area contributed by atoms with E-state index in [-0.39, 0.29) is 0 Å². The summed E-state index contributed by atoms with van der Waals surface area (Å²) in [5.41, 5.74) is 0.459. The molecule has 0 bridgehead atoms. The zero-order valence-corrected chi connectivity index (χ0v) is 11.7. The van der Waals surface area contributed by atoms with Gasteiger partial charge in [0.25, 0.3) is 10.0 Å². The number of hydrogen-bond donors (Lipinski definition) is 2. The lowest BCUT2D eigenvalue weighted by atomic mass is 10.5. The van der Waals surface area contributed by atoms with Gasteiger partial charge in [-0.15, -0.1) is 11.3 Å². The number of nitrogens with zero attached hydrogens (tertiary/aromatic N) is 2. The van der Waals surface area contributed by atoms with E-state index in [1.54, 1.807) is 30.1 Å². The third kappa shape index (κ3) is 2.89. The first-order valence-corrected chi connectivity index (χ1v) is 7.56. The number of aromatic nitrogens is 2. The highest BCUT2D eigenvalue weighted by molar-refractivity contribution is 7.94. The van der Waals surface area contributed by atoms with Crippen molar-refractivity contribution in [2.75, 3.05) is 11.8 Å². The van der Waals surface area contributed by atoms with Gasteiger partial charge in [-0.2, -0.15) is 5.10 Å². The second-order valence-corrected chi connectivity index (χ2v) is 6.84. The Kier molecular flexibility index (Phi) is 3.69. The van der Waals surface area contributed by atoms with Gasteiger partial charge in [-0.05, 0) is 19.2 Å². The predicted molar refractivity (Wildman–Crippen MR) is 71.1 cm³/mol. The van der Waals surface area contributed by atoms with E-state index < -0.39 is 10.0 Å². The summed E-state index contributed by atoms with van der Waals surface area (Å²) >= 11 is 1.25. The van der Waals surface area contributed by atoms with Crippen molar-refractivity contribution in [3.8, 4) is 0 Å². The summed E-state index contributed by atoms with van der Waals surface area (Å²) in [6.07, 6.45) is 3.08. The Hall–Kier alpha value is -1.38. The Bertz CT molecular complexity index is 630. The predicted octanol–water partition coefficient (Wildman–Crippen LogP) is 1.00. The summed E-state index contributed by atoms with van der Waals surface area (Å²) in [5, 5.41) is 6.90. The smallest absolute Gasteiger partial charge is 0.271 e. The maximum absolute atomic E-state index is 12.1. The molecule has 0 aliphatic heterocycles. The summed E-state index contributed by atoms with van der Waals surface area (Å²) in [6, 6.07) is 3.41. The van der Waals surface area contributed by atoms with Crippen LogP contribution >= 0.6 is 11.3 Å². The van der Waals surface area contributed by atoms with Crippen molar-refractivity contribution in [2.24, 2.45) is 7.05 Å². The van der Waals surface area contributed by atoms with Crippen molar-refractivity contribution in [1.29, 1.82) is 0 Å². The molecule has 2 aromatic rings. The van der Waals surface area contributed by atoms with Crippen LogP contribution < -0.4 is 10.0 Å². The lowest BCUT2D eigenvalue weighted by Crippen LogP contribution is -2.10. The highest BCUT2D eigenvalue weighted by atomic mass is 32.2. The molecule has 0 saturated carbocycles. The number of sulfonamides is 1. The van der Waals surface area contributed by atoms with Gasteiger partial charge in [0.05, 0.1) is 11.9 Å². The fourth-order valence-electron chi connectivity index (χ4n) is 1.45. The van der Waals surface area contributed by atoms with E-state index in [2.05, 4.69) is 15.1 Å². The number of hydrogen-bond acceptors (Lipinski definition) is 5. The van der Waals surface area contributed by atoms with Crippen molar-refractivity contribution in [2.45, 2.75) is 10.8 Å². The molecule has 0 spiro atoms. The summed E-state index contributed by atoms with van der Waals surface area (Å²) in [7, 11) is 0.0413. The maximum atomic E-state index is 12.1. The third-order valence-electron chi connectivity index (χ3n) is 2.21. The summed E-state index contributed by atoms with van der Waals surface area (Å²) in [6.45, 7) is 0.660. The topological polar surface area (TPSA) is 76.0 Å². The van der Waals surface area contributed by atoms with Crippen LogP contribution in [0, 0.1) is 0 Å². The van der Waals surface area contributed by atoms with E-state index in [0.717, 1.165) is 4.88 Å². The molecule has 0 radical (unpaired) electrons. The zero-order chi connectivity index (χ0) is 13.2. The van der Waals surface area contributed by atoms with Crippen molar-refractivity contribution in [1.82, 2.24) is 15.1 Å². The Morgan fingerprint density at radius 3 is 2.83 bits per heavy atom. The average molecular weight is 286 g/mol. The van der Waals surface area contributed by atoms with Gasteiger partial charge in [0, 0.05) is 24.7 Å². The molecule has 98 valence electrons. The second-order valence-electron chi connectivity index (χ2n) is 3.76. The molecule has 0 fully saturated rings. The van der Waals surface area contributed by atoms with Crippen molar-refractivity contribution in [3.63, 3.8) is 0 Å². The highest BCUT2D eigenvalue weighted by Crippen LogP contribution is 2.23. The number of anilines is 1. The van der Waals surface area contributed by atoms with E-state index >= 15 is 0 Å². The van der Waals surface area contributed by atoms with Crippen LogP contribution in [0.25, 0.3) is 0 Å². The van der Waals surface area contributed by atoms with Gasteiger partial charge in [0.1, 0.15) is 4.21 Å². The Balaban J connectivity index is 2.19. The standard InChI is InChI=1S/C10H14N4O2S2/c1-11-6-9-3-4-10(17-9)18(15,16)13-8-5-12-14(2)7-8/h3-5,7,11,13H,6H2,1-2H3. The van der Waals surface area contributed by atoms with Gasteiger partial charge in [-0.25, -0.2) is 8.42 Å². The molecule has 18 heavy (non-hydrogen) atoms. The van der Waals surface area contributed by atoms with Crippen LogP contribution in [0.15, 0.2) is 28.7 Å². The summed E-state index contributed by atoms with van der Waals surface area (Å²) in [5.74, 6) is 0. The van der Waals surface area contributed by atoms with Crippen molar-refractivity contribution < 1.29 is 8.42 Å². The minimum absolute atomic E-state index is 0.302. The fraction of sp³-hybridized carbons (Fsp3) is 0.300. The SMILES string of the molecule is CNCc1ccc(S(=O)(=O)Nc2cnn(C)c2)s1. The molecule has 0 atom stereocenters. The largest absolute Gasteiger partial charge is 0.315 e. The van der Waals surface area contributed by atoms with Crippen LogP contribution in [0.2, 0.25) is 0 Å². The van der Waals surface area contributed by atoms with E-state index in [1.165, 1.54) is 17.5 Å². The highest BCUT2D eigenvalue weighted by Gasteiger charge is 2.17. The average Bonchev–Trinajstić information content (AvgIpc) is 2.88. The van der Waals surface area contributed by atoms with Crippen molar-refractivity contribution >= 4 is 27.0 Å². The minimum atomic E-state index is -3.51. The van der Waals surface area contributed by atoms with Gasteiger partial charge in [0.15, 0.2) is 0 Å². The van der Waals surface area contributed by atoms with Gasteiger partial charge < -0.3 is 5.32 Å². The lowest BCUT2D eigenvalue weighted by Gasteiger charge is -2.02. The second kappa shape index (κ2) is 5.09. The molecule has 0 saturated heterocycles. The number of nitrogens with one attached hydrogen (secondary N) is 2. The quantitative estimate of drug-likeness (QED) is 0.860. The van der Waals surface area contributed by atoms with Crippen LogP contribution in [0.1, 0.15) is 4.88 Å². The van der Waals surface area contributed by atoms with Gasteiger partial charge in [-0.1, -0.05) is 0 Å². The van der Waals surface area contributed by atoms with Gasteiger partial charge in [-0.3, -0.25) is 9.40 Å². The van der Waals surface area contributed by atoms with Crippen molar-refractivity contribution in [3.05, 3.63) is 29.4 Å². The number of rotatable bonds is 5. The Morgan fingerprint density at radius 1 is 1.44 bits per heavy atom. The first kappa shape index (κ1) is 13.1. The molecule has 0 amide bonds. The monoisotopic (exact) mass is 286 g/mol. The Morgan fingerprint density at radius 2 is 2.22 bits per heavy atom. The Labute approximate surface area is 110 Å². The van der Waals surface area contributed by atoms with Crippen LogP contribution in [0.5, 0.6) is 0 Å². The molecular formula is C10H14N4O2S2. The van der Waals surface area contributed by atoms with E-state index in [9.17, 15) is 8.42 Å². The molecule has 0 aliphatic carbocycles. The molecule has 0 unspecified atom stereocenters. The first-order valence-electron chi connectivity index (χ1n) is 5.26.